The van der Waals surface area contributed by atoms with E-state index in [4.69, 9.17) is 5.84 Å². The monoisotopic (exact) mass is 244 g/mol. The second-order valence-electron chi connectivity index (χ2n) is 3.83. The maximum Gasteiger partial charge on any atom is 0.163 e. The summed E-state index contributed by atoms with van der Waals surface area (Å²) >= 11 is 1.69. The smallest absolute Gasteiger partial charge is 0.163 e. The van der Waals surface area contributed by atoms with Gasteiger partial charge in [-0.15, -0.1) is 5.10 Å². The van der Waals surface area contributed by atoms with Gasteiger partial charge in [0.2, 0.25) is 0 Å². The maximum absolute atomic E-state index is 5.67. The molecule has 1 aromatic rings. The van der Waals surface area contributed by atoms with Crippen molar-refractivity contribution >= 4 is 23.2 Å². The second-order valence-corrected chi connectivity index (χ2v) is 4.61. The largest absolute Gasteiger partial charge is 0.310 e. The molecule has 0 unspecified atom stereocenters. The molecule has 2 aliphatic rings. The van der Waals surface area contributed by atoms with Crippen molar-refractivity contribution in [1.29, 1.82) is 0 Å². The summed E-state index contributed by atoms with van der Waals surface area (Å²) in [6.07, 6.45) is 10.2. The minimum absolute atomic E-state index is 0.607. The van der Waals surface area contributed by atoms with Crippen LogP contribution in [0.15, 0.2) is 51.9 Å². The molecule has 3 rings (SSSR count). The first kappa shape index (κ1) is 10.3. The average molecular weight is 244 g/mol. The van der Waals surface area contributed by atoms with Crippen molar-refractivity contribution in [2.75, 3.05) is 6.67 Å². The molecule has 0 bridgehead atoms. The van der Waals surface area contributed by atoms with Crippen molar-refractivity contribution in [2.45, 2.75) is 0 Å². The fraction of sp³-hybridized carbons (Fsp3) is 0.0833. The fourth-order valence-corrected chi connectivity index (χ4v) is 2.41. The third-order valence-electron chi connectivity index (χ3n) is 2.59. The van der Waals surface area contributed by atoms with Gasteiger partial charge in [-0.1, -0.05) is 12.2 Å². The number of thiophene rings is 1. The van der Waals surface area contributed by atoms with E-state index in [1.807, 2.05) is 23.3 Å². The minimum Gasteiger partial charge on any atom is -0.310 e. The average Bonchev–Trinajstić information content (AvgIpc) is 2.93. The number of fused-ring (bicyclic) bond motifs is 1. The second kappa shape index (κ2) is 4.20. The molecule has 17 heavy (non-hydrogen) atoms. The molecule has 0 atom stereocenters. The molecule has 0 aliphatic carbocycles. The maximum atomic E-state index is 5.67. The van der Waals surface area contributed by atoms with Gasteiger partial charge in [0, 0.05) is 11.8 Å². The highest BCUT2D eigenvalue weighted by molar-refractivity contribution is 7.08. The van der Waals surface area contributed by atoms with Crippen molar-refractivity contribution in [3.8, 4) is 0 Å². The minimum atomic E-state index is 0.607. The summed E-state index contributed by atoms with van der Waals surface area (Å²) in [5, 5.41) is 9.89. The number of nitrogens with zero attached hydrogens (tertiary/aromatic N) is 3. The number of hydrazine groups is 1. The van der Waals surface area contributed by atoms with Gasteiger partial charge in [-0.3, -0.25) is 0 Å². The highest BCUT2D eigenvalue weighted by atomic mass is 32.1. The molecule has 0 aromatic carbocycles. The molecule has 0 saturated carbocycles. The summed E-state index contributed by atoms with van der Waals surface area (Å²) in [5.74, 6) is 6.57. The Balaban J connectivity index is 1.85. The molecule has 2 N–H and O–H groups in total. The Bertz CT molecular complexity index is 525. The van der Waals surface area contributed by atoms with E-state index in [9.17, 15) is 0 Å². The first-order valence-electron chi connectivity index (χ1n) is 5.29. The Morgan fingerprint density at radius 2 is 2.35 bits per heavy atom. The lowest BCUT2D eigenvalue weighted by Gasteiger charge is -2.17. The van der Waals surface area contributed by atoms with Crippen molar-refractivity contribution in [3.63, 3.8) is 0 Å². The van der Waals surface area contributed by atoms with Gasteiger partial charge < -0.3 is 4.90 Å². The Labute approximate surface area is 104 Å². The number of nitrogens with two attached hydrogens (primary N) is 1. The van der Waals surface area contributed by atoms with Crippen molar-refractivity contribution in [2.24, 2.45) is 10.9 Å². The first-order valence-corrected chi connectivity index (χ1v) is 6.24. The standard InChI is InChI=1S/C12H12N4S/c13-16-9-15-6-1-2-11(12(15)14-16)4-3-10-5-7-17-8-10/h1-8H,9,13H2. The van der Waals surface area contributed by atoms with Crippen LogP contribution in [0.1, 0.15) is 5.56 Å². The van der Waals surface area contributed by atoms with Crippen LogP contribution in [0.2, 0.25) is 0 Å². The van der Waals surface area contributed by atoms with Crippen LogP contribution in [-0.4, -0.2) is 22.5 Å². The highest BCUT2D eigenvalue weighted by Crippen LogP contribution is 2.19. The third kappa shape index (κ3) is 2.02. The van der Waals surface area contributed by atoms with Gasteiger partial charge in [0.1, 0.15) is 6.67 Å². The molecule has 2 aliphatic heterocycles. The van der Waals surface area contributed by atoms with E-state index >= 15 is 0 Å². The van der Waals surface area contributed by atoms with Gasteiger partial charge >= 0.3 is 0 Å². The van der Waals surface area contributed by atoms with Crippen LogP contribution in [0.3, 0.4) is 0 Å². The Morgan fingerprint density at radius 1 is 1.41 bits per heavy atom. The van der Waals surface area contributed by atoms with E-state index in [2.05, 4.69) is 34.1 Å². The van der Waals surface area contributed by atoms with Crippen molar-refractivity contribution in [3.05, 3.63) is 52.4 Å². The van der Waals surface area contributed by atoms with Crippen LogP contribution < -0.4 is 5.84 Å². The number of hydrogen-bond acceptors (Lipinski definition) is 5. The normalized spacial score (nSPS) is 18.6. The summed E-state index contributed by atoms with van der Waals surface area (Å²) in [4.78, 5) is 2.02. The quantitative estimate of drug-likeness (QED) is 0.809. The van der Waals surface area contributed by atoms with E-state index < -0.39 is 0 Å². The molecule has 3 heterocycles. The first-order chi connectivity index (χ1) is 8.33. The summed E-state index contributed by atoms with van der Waals surface area (Å²) in [7, 11) is 0. The SMILES string of the molecule is NN1CN2C=CC=C(C=Cc3ccsc3)C2=N1. The molecule has 0 amide bonds. The zero-order valence-electron chi connectivity index (χ0n) is 9.15. The van der Waals surface area contributed by atoms with Crippen molar-refractivity contribution in [1.82, 2.24) is 10.0 Å². The lowest BCUT2D eigenvalue weighted by Crippen LogP contribution is -2.30. The zero-order valence-corrected chi connectivity index (χ0v) is 9.97. The molecule has 0 saturated heterocycles. The summed E-state index contributed by atoms with van der Waals surface area (Å²) in [6.45, 7) is 0.607. The number of rotatable bonds is 2. The lowest BCUT2D eigenvalue weighted by molar-refractivity contribution is 0.271. The van der Waals surface area contributed by atoms with E-state index in [1.54, 1.807) is 11.3 Å². The van der Waals surface area contributed by atoms with Crippen LogP contribution in [0.4, 0.5) is 0 Å². The van der Waals surface area contributed by atoms with E-state index in [1.165, 1.54) is 10.7 Å². The number of hydrogen-bond donors (Lipinski definition) is 1. The molecular weight excluding hydrogens is 232 g/mol. The lowest BCUT2D eigenvalue weighted by atomic mass is 10.1. The Hall–Kier alpha value is -1.85. The van der Waals surface area contributed by atoms with E-state index in [-0.39, 0.29) is 0 Å². The molecule has 4 nitrogen and oxygen atoms in total. The molecule has 86 valence electrons. The zero-order chi connectivity index (χ0) is 11.7. The summed E-state index contributed by atoms with van der Waals surface area (Å²) in [5.41, 5.74) is 2.28. The van der Waals surface area contributed by atoms with E-state index in [0.717, 1.165) is 11.4 Å². The van der Waals surface area contributed by atoms with Gasteiger partial charge in [0.25, 0.3) is 0 Å². The van der Waals surface area contributed by atoms with Gasteiger partial charge in [-0.05, 0) is 34.5 Å². The highest BCUT2D eigenvalue weighted by Gasteiger charge is 2.22. The molecule has 0 fully saturated rings. The van der Waals surface area contributed by atoms with Crippen molar-refractivity contribution < 1.29 is 0 Å². The summed E-state index contributed by atoms with van der Waals surface area (Å²) < 4.78 is 0. The molecular formula is C12H12N4S. The number of amidine groups is 1. The Morgan fingerprint density at radius 3 is 3.18 bits per heavy atom. The van der Waals surface area contributed by atoms with Crippen LogP contribution in [0.5, 0.6) is 0 Å². The third-order valence-corrected chi connectivity index (χ3v) is 3.29. The predicted octanol–water partition coefficient (Wildman–Crippen LogP) is 1.98. The van der Waals surface area contributed by atoms with Gasteiger partial charge in [0.15, 0.2) is 5.84 Å². The molecule has 1 aromatic heterocycles. The number of allylic oxidation sites excluding steroid dienone is 2. The van der Waals surface area contributed by atoms with Gasteiger partial charge in [-0.25, -0.2) is 11.0 Å². The van der Waals surface area contributed by atoms with Gasteiger partial charge in [0.05, 0.1) is 0 Å². The fourth-order valence-electron chi connectivity index (χ4n) is 1.79. The summed E-state index contributed by atoms with van der Waals surface area (Å²) in [6, 6.07) is 2.09. The Kier molecular flexibility index (Phi) is 2.55. The van der Waals surface area contributed by atoms with Crippen LogP contribution in [-0.2, 0) is 0 Å². The van der Waals surface area contributed by atoms with Crippen LogP contribution in [0.25, 0.3) is 6.08 Å². The predicted molar refractivity (Wildman–Crippen MR) is 70.7 cm³/mol. The van der Waals surface area contributed by atoms with Crippen LogP contribution >= 0.6 is 11.3 Å². The molecule has 0 spiro atoms. The molecule has 0 radical (unpaired) electrons. The molecule has 5 heteroatoms. The number of hydrazone groups is 1. The van der Waals surface area contributed by atoms with Crippen LogP contribution in [0, 0.1) is 0 Å². The van der Waals surface area contributed by atoms with E-state index in [0.29, 0.717) is 6.67 Å². The van der Waals surface area contributed by atoms with Gasteiger partial charge in [-0.2, -0.15) is 11.3 Å². The topological polar surface area (TPSA) is 44.9 Å².